The van der Waals surface area contributed by atoms with Crippen LogP contribution in [0.3, 0.4) is 0 Å². The van der Waals surface area contributed by atoms with Crippen LogP contribution in [0.2, 0.25) is 0 Å². The number of nitrogens with one attached hydrogen (secondary N) is 1. The summed E-state index contributed by atoms with van der Waals surface area (Å²) in [6.07, 6.45) is 8.55. The molecule has 0 spiro atoms. The Hall–Kier alpha value is -1.94. The van der Waals surface area contributed by atoms with Gasteiger partial charge in [0.1, 0.15) is 0 Å². The second-order valence-electron chi connectivity index (χ2n) is 8.39. The normalized spacial score (nSPS) is 12.6. The predicted molar refractivity (Wildman–Crippen MR) is 118 cm³/mol. The molecule has 5 nitrogen and oxygen atoms in total. The minimum Gasteiger partial charge on any atom is -0.404 e. The fourth-order valence-electron chi connectivity index (χ4n) is 3.77. The van der Waals surface area contributed by atoms with Crippen molar-refractivity contribution in [3.8, 4) is 5.75 Å². The summed E-state index contributed by atoms with van der Waals surface area (Å²) >= 11 is 0. The van der Waals surface area contributed by atoms with Crippen LogP contribution < -0.4 is 10.1 Å². The predicted octanol–water partition coefficient (Wildman–Crippen LogP) is 7.02. The van der Waals surface area contributed by atoms with Crippen molar-refractivity contribution < 1.29 is 41.0 Å². The van der Waals surface area contributed by atoms with Crippen LogP contribution in [-0.4, -0.2) is 32.6 Å². The van der Waals surface area contributed by atoms with Gasteiger partial charge in [-0.05, 0) is 26.2 Å². The molecule has 34 heavy (non-hydrogen) atoms. The van der Waals surface area contributed by atoms with Gasteiger partial charge in [-0.15, -0.1) is 0 Å². The van der Waals surface area contributed by atoms with E-state index in [0.29, 0.717) is 12.8 Å². The summed E-state index contributed by atoms with van der Waals surface area (Å²) in [7, 11) is 3.18. The minimum atomic E-state index is -2.32. The molecule has 0 heterocycles. The molecule has 0 saturated carbocycles. The zero-order valence-electron chi connectivity index (χ0n) is 20.4. The van der Waals surface area contributed by atoms with Crippen molar-refractivity contribution in [3.05, 3.63) is 29.1 Å². The summed E-state index contributed by atoms with van der Waals surface area (Å²) < 4.78 is 82.2. The fourth-order valence-corrected chi connectivity index (χ4v) is 3.77. The van der Waals surface area contributed by atoms with E-state index in [2.05, 4.69) is 17.0 Å². The number of unbranched alkanes of at least 4 members (excludes halogenated alkanes) is 6. The van der Waals surface area contributed by atoms with Crippen molar-refractivity contribution in [3.63, 3.8) is 0 Å². The van der Waals surface area contributed by atoms with E-state index in [1.165, 1.54) is 25.7 Å². The molecule has 1 atom stereocenters. The lowest BCUT2D eigenvalue weighted by molar-refractivity contribution is -0.230. The molecule has 0 aromatic heterocycles. The van der Waals surface area contributed by atoms with Crippen LogP contribution >= 0.6 is 0 Å². The second kappa shape index (κ2) is 15.1. The summed E-state index contributed by atoms with van der Waals surface area (Å²) in [6.45, 7) is 4.15. The molecule has 1 amide bonds. The van der Waals surface area contributed by atoms with Crippen LogP contribution in [0.4, 0.5) is 26.7 Å². The van der Waals surface area contributed by atoms with Crippen LogP contribution in [0.1, 0.15) is 78.1 Å². The number of benzene rings is 1. The Kier molecular flexibility index (Phi) is 13.4. The maximum absolute atomic E-state index is 13.6. The average Bonchev–Trinajstić information content (AvgIpc) is 2.84. The maximum Gasteiger partial charge on any atom is 0.412 e. The smallest absolute Gasteiger partial charge is 0.404 e. The van der Waals surface area contributed by atoms with Gasteiger partial charge in [-0.3, -0.25) is 0 Å². The Morgan fingerprint density at radius 2 is 1.26 bits per heavy atom. The zero-order chi connectivity index (χ0) is 25.7. The van der Waals surface area contributed by atoms with Gasteiger partial charge in [0.05, 0.1) is 0 Å². The molecule has 0 radical (unpaired) electrons. The van der Waals surface area contributed by atoms with Crippen LogP contribution in [-0.2, 0) is 9.47 Å². The number of amides is 1. The standard InChI is InChI=1S/C24H36F5NO4/c1-5-6-7-8-9-10-13-16(24(2,32-3)33-4)14-11-12-15-30-23(31)34-22-20(28)18(26)17(25)19(27)21(22)29/h16H,5-15H2,1-4H3,(H,30,31). The number of carbonyl (C=O) groups is 1. The van der Waals surface area contributed by atoms with E-state index >= 15 is 0 Å². The first-order chi connectivity index (χ1) is 16.1. The topological polar surface area (TPSA) is 56.8 Å². The molecule has 1 N–H and O–H groups in total. The number of halogens is 5. The Balaban J connectivity index is 2.51. The zero-order valence-corrected chi connectivity index (χ0v) is 20.4. The molecular weight excluding hydrogens is 461 g/mol. The molecule has 1 aromatic rings. The van der Waals surface area contributed by atoms with Crippen LogP contribution in [0, 0.1) is 35.0 Å². The molecule has 10 heteroatoms. The highest BCUT2D eigenvalue weighted by molar-refractivity contribution is 5.70. The van der Waals surface area contributed by atoms with Gasteiger partial charge in [-0.2, -0.15) is 8.78 Å². The van der Waals surface area contributed by atoms with Gasteiger partial charge in [-0.1, -0.05) is 51.9 Å². The molecule has 1 unspecified atom stereocenters. The van der Waals surface area contributed by atoms with Crippen LogP contribution in [0.25, 0.3) is 0 Å². The van der Waals surface area contributed by atoms with Gasteiger partial charge in [0.25, 0.3) is 0 Å². The second-order valence-corrected chi connectivity index (χ2v) is 8.39. The minimum absolute atomic E-state index is 0.0919. The summed E-state index contributed by atoms with van der Waals surface area (Å²) in [5.74, 6) is -13.4. The van der Waals surface area contributed by atoms with Crippen molar-refractivity contribution in [2.24, 2.45) is 5.92 Å². The highest BCUT2D eigenvalue weighted by Crippen LogP contribution is 2.32. The van der Waals surface area contributed by atoms with Crippen molar-refractivity contribution in [1.29, 1.82) is 0 Å². The number of hydrogen-bond donors (Lipinski definition) is 1. The van der Waals surface area contributed by atoms with Gasteiger partial charge in [0.2, 0.25) is 34.8 Å². The van der Waals surface area contributed by atoms with E-state index in [1.807, 2.05) is 6.92 Å². The van der Waals surface area contributed by atoms with E-state index < -0.39 is 46.7 Å². The first kappa shape index (κ1) is 30.1. The van der Waals surface area contributed by atoms with Gasteiger partial charge in [-0.25, -0.2) is 18.0 Å². The molecule has 1 rings (SSSR count). The summed E-state index contributed by atoms with van der Waals surface area (Å²) in [5, 5.41) is 2.26. The van der Waals surface area contributed by atoms with Crippen molar-refractivity contribution in [1.82, 2.24) is 5.32 Å². The third kappa shape index (κ3) is 8.69. The number of ether oxygens (including phenoxy) is 3. The summed E-state index contributed by atoms with van der Waals surface area (Å²) in [6, 6.07) is 0. The number of rotatable bonds is 16. The van der Waals surface area contributed by atoms with Gasteiger partial charge in [0, 0.05) is 26.7 Å². The first-order valence-electron chi connectivity index (χ1n) is 11.7. The first-order valence-corrected chi connectivity index (χ1v) is 11.7. The molecule has 0 aliphatic heterocycles. The number of methoxy groups -OCH3 is 2. The molecule has 0 aliphatic rings. The van der Waals surface area contributed by atoms with Crippen molar-refractivity contribution >= 4 is 6.09 Å². The number of carbonyl (C=O) groups excluding carboxylic acids is 1. The van der Waals surface area contributed by atoms with Gasteiger partial charge < -0.3 is 19.5 Å². The average molecular weight is 498 g/mol. The Labute approximate surface area is 198 Å². The molecule has 0 bridgehead atoms. The third-order valence-corrected chi connectivity index (χ3v) is 6.07. The summed E-state index contributed by atoms with van der Waals surface area (Å²) in [4.78, 5) is 11.8. The lowest BCUT2D eigenvalue weighted by atomic mass is 9.88. The van der Waals surface area contributed by atoms with Crippen LogP contribution in [0.5, 0.6) is 5.75 Å². The molecule has 196 valence electrons. The third-order valence-electron chi connectivity index (χ3n) is 6.07. The Morgan fingerprint density at radius 3 is 1.79 bits per heavy atom. The van der Waals surface area contributed by atoms with E-state index in [0.717, 1.165) is 25.7 Å². The summed E-state index contributed by atoms with van der Waals surface area (Å²) in [5.41, 5.74) is 0. The lowest BCUT2D eigenvalue weighted by Gasteiger charge is -2.35. The number of hydrogen-bond acceptors (Lipinski definition) is 4. The molecule has 1 aromatic carbocycles. The van der Waals surface area contributed by atoms with E-state index in [-0.39, 0.29) is 12.5 Å². The highest BCUT2D eigenvalue weighted by Gasteiger charge is 2.33. The fraction of sp³-hybridized carbons (Fsp3) is 0.708. The van der Waals surface area contributed by atoms with Crippen molar-refractivity contribution in [2.75, 3.05) is 20.8 Å². The van der Waals surface area contributed by atoms with Gasteiger partial charge in [0.15, 0.2) is 5.79 Å². The Morgan fingerprint density at radius 1 is 0.794 bits per heavy atom. The van der Waals surface area contributed by atoms with E-state index in [4.69, 9.17) is 9.47 Å². The molecule has 0 aliphatic carbocycles. The highest BCUT2D eigenvalue weighted by atomic mass is 19.2. The largest absolute Gasteiger partial charge is 0.412 e. The Bertz CT molecular complexity index is 745. The monoisotopic (exact) mass is 497 g/mol. The maximum atomic E-state index is 13.6. The lowest BCUT2D eigenvalue weighted by Crippen LogP contribution is -2.39. The van der Waals surface area contributed by atoms with Crippen LogP contribution in [0.15, 0.2) is 0 Å². The van der Waals surface area contributed by atoms with E-state index in [9.17, 15) is 26.7 Å². The molecule has 0 fully saturated rings. The quantitative estimate of drug-likeness (QED) is 0.0877. The molecular formula is C24H36F5NO4. The van der Waals surface area contributed by atoms with Crippen molar-refractivity contribution in [2.45, 2.75) is 83.8 Å². The van der Waals surface area contributed by atoms with Gasteiger partial charge >= 0.3 is 6.09 Å². The molecule has 0 saturated heterocycles. The SMILES string of the molecule is CCCCCCCCC(CCCCNC(=O)Oc1c(F)c(F)c(F)c(F)c1F)C(C)(OC)OC. The van der Waals surface area contributed by atoms with E-state index in [1.54, 1.807) is 14.2 Å².